The molecule has 2 saturated heterocycles. The van der Waals surface area contributed by atoms with Crippen LogP contribution in [0.5, 0.6) is 0 Å². The van der Waals surface area contributed by atoms with E-state index in [2.05, 4.69) is 15.4 Å². The van der Waals surface area contributed by atoms with Gasteiger partial charge in [-0.25, -0.2) is 8.42 Å². The number of nitrogens with one attached hydrogen (secondary N) is 1. The number of benzene rings is 1. The Morgan fingerprint density at radius 2 is 1.77 bits per heavy atom. The quantitative estimate of drug-likeness (QED) is 0.780. The fourth-order valence-electron chi connectivity index (χ4n) is 4.38. The number of aromatic nitrogens is 1. The Morgan fingerprint density at radius 3 is 2.40 bits per heavy atom. The van der Waals surface area contributed by atoms with Crippen LogP contribution in [-0.2, 0) is 14.8 Å². The van der Waals surface area contributed by atoms with E-state index in [0.717, 1.165) is 18.8 Å². The van der Waals surface area contributed by atoms with Crippen molar-refractivity contribution in [2.75, 3.05) is 29.9 Å². The van der Waals surface area contributed by atoms with E-state index in [-0.39, 0.29) is 16.6 Å². The summed E-state index contributed by atoms with van der Waals surface area (Å²) in [7, 11) is -3.85. The molecule has 1 N–H and O–H groups in total. The molecule has 0 radical (unpaired) electrons. The van der Waals surface area contributed by atoms with Crippen molar-refractivity contribution < 1.29 is 17.7 Å². The molecule has 2 aliphatic heterocycles. The van der Waals surface area contributed by atoms with Crippen molar-refractivity contribution >= 4 is 27.3 Å². The number of hydrogen-bond donors (Lipinski definition) is 1. The normalized spacial score (nSPS) is 20.5. The average molecular weight is 433 g/mol. The third-order valence-electron chi connectivity index (χ3n) is 5.90. The molecule has 9 heteroatoms. The van der Waals surface area contributed by atoms with Crippen LogP contribution < -0.4 is 10.2 Å². The number of anilines is 2. The third-order valence-corrected chi connectivity index (χ3v) is 8.05. The second kappa shape index (κ2) is 8.39. The minimum atomic E-state index is -3.85. The van der Waals surface area contributed by atoms with Gasteiger partial charge in [0.25, 0.3) is 0 Å². The first kappa shape index (κ1) is 20.9. The maximum absolute atomic E-state index is 13.2. The molecule has 1 aromatic heterocycles. The van der Waals surface area contributed by atoms with E-state index >= 15 is 0 Å². The monoisotopic (exact) mass is 432 g/mol. The Hall–Kier alpha value is -2.39. The van der Waals surface area contributed by atoms with E-state index in [9.17, 15) is 13.2 Å². The molecule has 0 spiro atoms. The lowest BCUT2D eigenvalue weighted by atomic mass is 10.1. The minimum Gasteiger partial charge on any atom is -0.372 e. The molecule has 2 aromatic rings. The standard InChI is InChI=1S/C21H28N4O4S/c1-15-20(16(2)29-23-15)30(27,28)25-14-6-7-19(25)21(26)22-17-8-10-18(11-9-17)24-12-4-3-5-13-24/h8-11,19H,3-7,12-14H2,1-2H3,(H,22,26)/t19-/m0/s1. The molecule has 0 unspecified atom stereocenters. The molecule has 0 aliphatic carbocycles. The van der Waals surface area contributed by atoms with Crippen molar-refractivity contribution in [3.63, 3.8) is 0 Å². The number of rotatable bonds is 5. The molecular formula is C21H28N4O4S. The summed E-state index contributed by atoms with van der Waals surface area (Å²) < 4.78 is 32.6. The summed E-state index contributed by atoms with van der Waals surface area (Å²) in [6.07, 6.45) is 4.81. The van der Waals surface area contributed by atoms with Crippen LogP contribution in [0.4, 0.5) is 11.4 Å². The van der Waals surface area contributed by atoms with Gasteiger partial charge in [-0.15, -0.1) is 0 Å². The fourth-order valence-corrected chi connectivity index (χ4v) is 6.33. The largest absolute Gasteiger partial charge is 0.372 e. The van der Waals surface area contributed by atoms with Crippen molar-refractivity contribution in [3.05, 3.63) is 35.7 Å². The molecule has 162 valence electrons. The average Bonchev–Trinajstić information content (AvgIpc) is 3.37. The number of sulfonamides is 1. The highest BCUT2D eigenvalue weighted by Crippen LogP contribution is 2.30. The van der Waals surface area contributed by atoms with Gasteiger partial charge in [-0.3, -0.25) is 4.79 Å². The topological polar surface area (TPSA) is 95.8 Å². The highest BCUT2D eigenvalue weighted by Gasteiger charge is 2.41. The number of amides is 1. The highest BCUT2D eigenvalue weighted by molar-refractivity contribution is 7.89. The van der Waals surface area contributed by atoms with Crippen LogP contribution in [0.2, 0.25) is 0 Å². The minimum absolute atomic E-state index is 0.0630. The van der Waals surface area contributed by atoms with E-state index in [4.69, 9.17) is 4.52 Å². The van der Waals surface area contributed by atoms with Crippen LogP contribution in [0, 0.1) is 13.8 Å². The lowest BCUT2D eigenvalue weighted by molar-refractivity contribution is -0.119. The zero-order chi connectivity index (χ0) is 21.3. The molecule has 30 heavy (non-hydrogen) atoms. The highest BCUT2D eigenvalue weighted by atomic mass is 32.2. The molecule has 2 fully saturated rings. The number of carbonyl (C=O) groups is 1. The van der Waals surface area contributed by atoms with E-state index in [1.165, 1.54) is 23.6 Å². The lowest BCUT2D eigenvalue weighted by Crippen LogP contribution is -2.43. The number of carbonyl (C=O) groups excluding carboxylic acids is 1. The zero-order valence-corrected chi connectivity index (χ0v) is 18.2. The molecule has 0 saturated carbocycles. The van der Waals surface area contributed by atoms with E-state index in [1.807, 2.05) is 24.3 Å². The molecule has 1 atom stereocenters. The Kier molecular flexibility index (Phi) is 5.84. The first-order valence-corrected chi connectivity index (χ1v) is 11.9. The molecular weight excluding hydrogens is 404 g/mol. The second-order valence-electron chi connectivity index (χ2n) is 8.01. The third kappa shape index (κ3) is 3.96. The Balaban J connectivity index is 1.47. The van der Waals surface area contributed by atoms with Crippen LogP contribution in [0.3, 0.4) is 0 Å². The second-order valence-corrected chi connectivity index (χ2v) is 9.84. The molecule has 1 aromatic carbocycles. The van der Waals surface area contributed by atoms with Crippen molar-refractivity contribution in [2.24, 2.45) is 0 Å². The molecule has 8 nitrogen and oxygen atoms in total. The van der Waals surface area contributed by atoms with Crippen LogP contribution in [0.15, 0.2) is 33.7 Å². The maximum atomic E-state index is 13.2. The van der Waals surface area contributed by atoms with Crippen molar-refractivity contribution in [1.82, 2.24) is 9.46 Å². The van der Waals surface area contributed by atoms with Crippen molar-refractivity contribution in [1.29, 1.82) is 0 Å². The Bertz CT molecular complexity index is 991. The van der Waals surface area contributed by atoms with Crippen LogP contribution >= 0.6 is 0 Å². The molecule has 2 aliphatic rings. The van der Waals surface area contributed by atoms with Gasteiger partial charge >= 0.3 is 0 Å². The van der Waals surface area contributed by atoms with E-state index in [0.29, 0.717) is 30.8 Å². The van der Waals surface area contributed by atoms with Gasteiger partial charge in [0.05, 0.1) is 0 Å². The summed E-state index contributed by atoms with van der Waals surface area (Å²) in [6.45, 7) is 5.59. The molecule has 0 bridgehead atoms. The first-order valence-electron chi connectivity index (χ1n) is 10.5. The molecule has 4 rings (SSSR count). The van der Waals surface area contributed by atoms with Crippen LogP contribution in [-0.4, -0.2) is 49.5 Å². The van der Waals surface area contributed by atoms with Gasteiger partial charge in [0, 0.05) is 31.0 Å². The van der Waals surface area contributed by atoms with Gasteiger partial charge in [-0.05, 0) is 70.2 Å². The predicted octanol–water partition coefficient (Wildman–Crippen LogP) is 3.07. The predicted molar refractivity (Wildman–Crippen MR) is 114 cm³/mol. The SMILES string of the molecule is Cc1noc(C)c1S(=O)(=O)N1CCC[C@H]1C(=O)Nc1ccc(N2CCCCC2)cc1. The van der Waals surface area contributed by atoms with Gasteiger partial charge in [-0.1, -0.05) is 5.16 Å². The van der Waals surface area contributed by atoms with Gasteiger partial charge < -0.3 is 14.7 Å². The van der Waals surface area contributed by atoms with Gasteiger partial charge in [-0.2, -0.15) is 4.31 Å². The summed E-state index contributed by atoms with van der Waals surface area (Å²) in [6, 6.07) is 7.03. The summed E-state index contributed by atoms with van der Waals surface area (Å²) >= 11 is 0. The van der Waals surface area contributed by atoms with E-state index in [1.54, 1.807) is 13.8 Å². The van der Waals surface area contributed by atoms with Crippen LogP contribution in [0.1, 0.15) is 43.6 Å². The molecule has 3 heterocycles. The fraction of sp³-hybridized carbons (Fsp3) is 0.524. The molecule has 1 amide bonds. The number of piperidine rings is 1. The van der Waals surface area contributed by atoms with Crippen molar-refractivity contribution in [3.8, 4) is 0 Å². The van der Waals surface area contributed by atoms with Gasteiger partial charge in [0.1, 0.15) is 16.6 Å². The summed E-state index contributed by atoms with van der Waals surface area (Å²) in [4.78, 5) is 15.3. The van der Waals surface area contributed by atoms with Gasteiger partial charge in [0.2, 0.25) is 15.9 Å². The first-order chi connectivity index (χ1) is 14.4. The smallest absolute Gasteiger partial charge is 0.249 e. The zero-order valence-electron chi connectivity index (χ0n) is 17.4. The van der Waals surface area contributed by atoms with Crippen LogP contribution in [0.25, 0.3) is 0 Å². The van der Waals surface area contributed by atoms with E-state index < -0.39 is 16.1 Å². The number of hydrogen-bond acceptors (Lipinski definition) is 6. The van der Waals surface area contributed by atoms with Crippen molar-refractivity contribution in [2.45, 2.75) is 56.9 Å². The summed E-state index contributed by atoms with van der Waals surface area (Å²) in [5.41, 5.74) is 2.13. The van der Waals surface area contributed by atoms with Gasteiger partial charge in [0.15, 0.2) is 5.76 Å². The Morgan fingerprint density at radius 1 is 1.07 bits per heavy atom. The number of nitrogens with zero attached hydrogens (tertiary/aromatic N) is 3. The number of aryl methyl sites for hydroxylation is 2. The lowest BCUT2D eigenvalue weighted by Gasteiger charge is -2.29. The Labute approximate surface area is 177 Å². The maximum Gasteiger partial charge on any atom is 0.249 e. The summed E-state index contributed by atoms with van der Waals surface area (Å²) in [5, 5.41) is 6.64. The summed E-state index contributed by atoms with van der Waals surface area (Å²) in [5.74, 6) is -0.0691.